The minimum absolute atomic E-state index is 0.0704. The van der Waals surface area contributed by atoms with Gasteiger partial charge in [-0.25, -0.2) is 4.79 Å². The molecule has 0 radical (unpaired) electrons. The fourth-order valence-electron chi connectivity index (χ4n) is 5.97. The first-order valence-corrected chi connectivity index (χ1v) is 17.5. The van der Waals surface area contributed by atoms with Crippen LogP contribution < -0.4 is 15.9 Å². The van der Waals surface area contributed by atoms with Crippen LogP contribution in [-0.2, 0) is 30.5 Å². The lowest BCUT2D eigenvalue weighted by Gasteiger charge is -2.49. The molecule has 49 heavy (non-hydrogen) atoms. The van der Waals surface area contributed by atoms with E-state index in [4.69, 9.17) is 26.6 Å². The Kier molecular flexibility index (Phi) is 9.80. The van der Waals surface area contributed by atoms with Gasteiger partial charge in [-0.3, -0.25) is 24.6 Å². The zero-order valence-electron chi connectivity index (χ0n) is 26.1. The minimum Gasteiger partial charge on any atom is -0.456 e. The Hall–Kier alpha value is -5.45. The van der Waals surface area contributed by atoms with Gasteiger partial charge in [-0.15, -0.1) is 0 Å². The van der Waals surface area contributed by atoms with Gasteiger partial charge in [0, 0.05) is 32.0 Å². The Morgan fingerprint density at radius 1 is 0.898 bits per heavy atom. The van der Waals surface area contributed by atoms with Crippen LogP contribution in [-0.4, -0.2) is 43.6 Å². The third kappa shape index (κ3) is 6.40. The van der Waals surface area contributed by atoms with Gasteiger partial charge >= 0.3 is 11.9 Å². The van der Waals surface area contributed by atoms with E-state index in [0.29, 0.717) is 5.56 Å². The molecule has 3 atom stereocenters. The number of nitro benzene ring substituents is 1. The van der Waals surface area contributed by atoms with E-state index in [-0.39, 0.29) is 23.4 Å². The minimum atomic E-state index is -3.24. The van der Waals surface area contributed by atoms with Crippen LogP contribution in [0.15, 0.2) is 132 Å². The molecule has 1 saturated heterocycles. The van der Waals surface area contributed by atoms with Crippen LogP contribution in [0.25, 0.3) is 0 Å². The van der Waals surface area contributed by atoms with E-state index in [2.05, 4.69) is 5.16 Å². The number of β-lactam (4-membered cyclic amide) rings is 1. The Balaban J connectivity index is 1.58. The summed E-state index contributed by atoms with van der Waals surface area (Å²) in [4.78, 5) is 53.5. The number of likely N-dealkylation sites (tertiary alicyclic amines) is 1. The molecule has 1 aromatic heterocycles. The number of amides is 1. The molecular weight excluding hydrogens is 665 g/mol. The third-order valence-electron chi connectivity index (χ3n) is 8.15. The second-order valence-corrected chi connectivity index (χ2v) is 14.9. The van der Waals surface area contributed by atoms with Gasteiger partial charge < -0.3 is 14.0 Å². The number of hydrogen-bond donors (Lipinski definition) is 1. The largest absolute Gasteiger partial charge is 0.456 e. The molecule has 1 aliphatic heterocycles. The molecule has 11 nitrogen and oxygen atoms in total. The second kappa shape index (κ2) is 14.3. The van der Waals surface area contributed by atoms with Crippen molar-refractivity contribution >= 4 is 64.4 Å². The fourth-order valence-corrected chi connectivity index (χ4v) is 10.9. The molecule has 1 amide bonds. The third-order valence-corrected chi connectivity index (χ3v) is 13.0. The van der Waals surface area contributed by atoms with Gasteiger partial charge in [-0.2, -0.15) is 12.6 Å². The second-order valence-electron chi connectivity index (χ2n) is 11.1. The Morgan fingerprint density at radius 3 is 1.86 bits per heavy atom. The number of non-ortho nitro benzene ring substituents is 1. The van der Waals surface area contributed by atoms with Crippen LogP contribution >= 0.6 is 19.5 Å². The van der Waals surface area contributed by atoms with Crippen molar-refractivity contribution in [2.24, 2.45) is 5.92 Å². The average Bonchev–Trinajstić information content (AvgIpc) is 3.67. The number of ether oxygens (including phenoxy) is 2. The highest BCUT2D eigenvalue weighted by Crippen LogP contribution is 2.51. The maximum absolute atomic E-state index is 14.8. The van der Waals surface area contributed by atoms with Gasteiger partial charge in [0.05, 0.1) is 10.3 Å². The molecule has 0 N–H and O–H groups in total. The molecule has 0 saturated carbocycles. The van der Waals surface area contributed by atoms with E-state index in [1.165, 1.54) is 48.4 Å². The summed E-state index contributed by atoms with van der Waals surface area (Å²) >= 11 is 4.88. The molecule has 3 unspecified atom stereocenters. The Labute approximate surface area is 287 Å². The van der Waals surface area contributed by atoms with Crippen LogP contribution in [0.5, 0.6) is 0 Å². The van der Waals surface area contributed by atoms with Crippen LogP contribution in [0.4, 0.5) is 5.69 Å². The van der Waals surface area contributed by atoms with Crippen LogP contribution in [0.1, 0.15) is 24.3 Å². The molecule has 13 heteroatoms. The summed E-state index contributed by atoms with van der Waals surface area (Å²) in [5, 5.41) is 16.5. The van der Waals surface area contributed by atoms with E-state index in [9.17, 15) is 24.5 Å². The summed E-state index contributed by atoms with van der Waals surface area (Å²) in [7, 11) is 0. The summed E-state index contributed by atoms with van der Waals surface area (Å²) in [5.74, 6) is -2.95. The summed E-state index contributed by atoms with van der Waals surface area (Å²) in [6.45, 7) is -2.23. The molecular formula is C36H30N3O8PS. The van der Waals surface area contributed by atoms with Gasteiger partial charge in [0.1, 0.15) is 29.9 Å². The number of nitro groups is 1. The SMILES string of the molecule is CC(=O)OC(c1ccon1)C1C(=O)N(C(C(=O)OCc2ccc([N+](=O)[O-])cc2)=P(c2ccccc2)(c2ccccc2)c2ccccc2)C1S. The van der Waals surface area contributed by atoms with Crippen LogP contribution in [0.2, 0.25) is 0 Å². The lowest BCUT2D eigenvalue weighted by Crippen LogP contribution is -2.65. The van der Waals surface area contributed by atoms with E-state index in [1.54, 1.807) is 0 Å². The maximum atomic E-state index is 14.8. The number of rotatable bonds is 11. The smallest absolute Gasteiger partial charge is 0.356 e. The van der Waals surface area contributed by atoms with Crippen molar-refractivity contribution in [3.8, 4) is 0 Å². The summed E-state index contributed by atoms with van der Waals surface area (Å²) in [6, 6.07) is 35.5. The Morgan fingerprint density at radius 2 is 1.43 bits per heavy atom. The number of hydrogen-bond acceptors (Lipinski definition) is 10. The normalized spacial score (nSPS) is 16.3. The van der Waals surface area contributed by atoms with Crippen molar-refractivity contribution in [2.75, 3.05) is 0 Å². The van der Waals surface area contributed by atoms with Gasteiger partial charge in [0.2, 0.25) is 5.91 Å². The zero-order valence-corrected chi connectivity index (χ0v) is 27.9. The standard InChI is InChI=1S/C36H30N3O8PS/c1-24(40)47-32(30-21-22-46-37-30)31-33(41)38(35(31)49)34(36(42)45-23-25-17-19-26(20-18-25)39(43)44)48(27-11-5-2-6-12-27,28-13-7-3-8-14-28)29-15-9-4-10-16-29/h2-22,31-32,35,49H,23H2,1H3. The highest BCUT2D eigenvalue weighted by Gasteiger charge is 2.57. The van der Waals surface area contributed by atoms with Gasteiger partial charge in [-0.05, 0) is 33.6 Å². The van der Waals surface area contributed by atoms with Crippen LogP contribution in [0, 0.1) is 16.0 Å². The van der Waals surface area contributed by atoms with Crippen molar-refractivity contribution < 1.29 is 33.3 Å². The number of nitrogens with zero attached hydrogens (tertiary/aromatic N) is 3. The number of benzene rings is 4. The molecule has 0 spiro atoms. The number of carbonyl (C=O) groups is 3. The predicted octanol–water partition coefficient (Wildman–Crippen LogP) is 4.77. The first-order valence-electron chi connectivity index (χ1n) is 15.2. The highest BCUT2D eigenvalue weighted by molar-refractivity contribution is 7.96. The van der Waals surface area contributed by atoms with Gasteiger partial charge in [0.15, 0.2) is 6.10 Å². The van der Waals surface area contributed by atoms with E-state index in [0.717, 1.165) is 15.9 Å². The zero-order chi connectivity index (χ0) is 34.5. The van der Waals surface area contributed by atoms with Crippen molar-refractivity contribution in [1.82, 2.24) is 10.1 Å². The average molecular weight is 696 g/mol. The van der Waals surface area contributed by atoms with E-state index >= 15 is 0 Å². The molecule has 248 valence electrons. The molecule has 5 aromatic rings. The number of carbonyl (C=O) groups excluding carboxylic acids is 3. The van der Waals surface area contributed by atoms with Crippen molar-refractivity contribution in [3.05, 3.63) is 149 Å². The first-order chi connectivity index (χ1) is 23.7. The molecule has 1 aliphatic rings. The quantitative estimate of drug-likeness (QED) is 0.0517. The van der Waals surface area contributed by atoms with E-state index < -0.39 is 47.1 Å². The van der Waals surface area contributed by atoms with Crippen molar-refractivity contribution in [1.29, 1.82) is 0 Å². The lowest BCUT2D eigenvalue weighted by atomic mass is 9.89. The maximum Gasteiger partial charge on any atom is 0.356 e. The monoisotopic (exact) mass is 695 g/mol. The predicted molar refractivity (Wildman–Crippen MR) is 187 cm³/mol. The van der Waals surface area contributed by atoms with E-state index in [1.807, 2.05) is 91.0 Å². The molecule has 0 bridgehead atoms. The van der Waals surface area contributed by atoms with Gasteiger partial charge in [0.25, 0.3) is 5.69 Å². The summed E-state index contributed by atoms with van der Waals surface area (Å²) in [5.41, 5.74) is 0.706. The molecule has 0 aliphatic carbocycles. The number of esters is 2. The number of thiol groups is 1. The summed E-state index contributed by atoms with van der Waals surface area (Å²) < 4.78 is 16.6. The van der Waals surface area contributed by atoms with Crippen molar-refractivity contribution in [2.45, 2.75) is 25.0 Å². The van der Waals surface area contributed by atoms with Crippen LogP contribution in [0.3, 0.4) is 0 Å². The molecule has 6 rings (SSSR count). The lowest BCUT2D eigenvalue weighted by molar-refractivity contribution is -0.384. The molecule has 2 heterocycles. The molecule has 4 aromatic carbocycles. The molecule has 1 fully saturated rings. The first kappa shape index (κ1) is 33.5. The number of aromatic nitrogens is 1. The van der Waals surface area contributed by atoms with Crippen molar-refractivity contribution in [3.63, 3.8) is 0 Å². The Bertz CT molecular complexity index is 1920. The topological polar surface area (TPSA) is 142 Å². The summed E-state index contributed by atoms with van der Waals surface area (Å²) in [6.07, 6.45) is 0.183. The highest BCUT2D eigenvalue weighted by atomic mass is 32.1. The van der Waals surface area contributed by atoms with Gasteiger partial charge in [-0.1, -0.05) is 96.2 Å². The fraction of sp³-hybridized carbons (Fsp3) is 0.139.